The molecule has 15 heteroatoms. The molecule has 4 aromatic carbocycles. The first kappa shape index (κ1) is 43.3. The number of methoxy groups -OCH3 is 2. The quantitative estimate of drug-likeness (QED) is 0.0546. The Bertz CT molecular complexity index is 2590. The minimum absolute atomic E-state index is 0.131. The molecule has 0 N–H and O–H groups in total. The molecule has 0 fully saturated rings. The van der Waals surface area contributed by atoms with E-state index in [-0.39, 0.29) is 44.3 Å². The van der Waals surface area contributed by atoms with Crippen LogP contribution in [0.2, 0.25) is 0 Å². The fourth-order valence-corrected chi connectivity index (χ4v) is 6.87. The van der Waals surface area contributed by atoms with E-state index in [0.29, 0.717) is 40.7 Å². The zero-order valence-electron chi connectivity index (χ0n) is 34.7. The minimum atomic E-state index is -0.860. The lowest BCUT2D eigenvalue weighted by Gasteiger charge is -2.16. The summed E-state index contributed by atoms with van der Waals surface area (Å²) in [6.07, 6.45) is 3.96. The van der Waals surface area contributed by atoms with Gasteiger partial charge in [-0.2, -0.15) is 0 Å². The number of ketones is 1. The summed E-state index contributed by atoms with van der Waals surface area (Å²) in [5.41, 5.74) is 4.78. The highest BCUT2D eigenvalue weighted by atomic mass is 16.7. The van der Waals surface area contributed by atoms with Crippen LogP contribution in [0.5, 0.6) is 23.0 Å². The third kappa shape index (κ3) is 9.46. The highest BCUT2D eigenvalue weighted by Crippen LogP contribution is 2.39. The molecule has 0 saturated carbocycles. The van der Waals surface area contributed by atoms with Gasteiger partial charge in [0.15, 0.2) is 23.0 Å². The van der Waals surface area contributed by atoms with Crippen molar-refractivity contribution in [1.29, 1.82) is 0 Å². The summed E-state index contributed by atoms with van der Waals surface area (Å²) in [6.45, 7) is 9.83. The number of hydrogen-bond donors (Lipinski definition) is 0. The van der Waals surface area contributed by atoms with E-state index in [9.17, 15) is 24.0 Å². The first-order chi connectivity index (χ1) is 29.5. The fraction of sp³-hybridized carbons (Fsp3) is 0.283. The molecule has 61 heavy (non-hydrogen) atoms. The van der Waals surface area contributed by atoms with Crippen molar-refractivity contribution in [2.45, 2.75) is 46.7 Å². The lowest BCUT2D eigenvalue weighted by atomic mass is 9.90. The summed E-state index contributed by atoms with van der Waals surface area (Å²) >= 11 is 0. The summed E-state index contributed by atoms with van der Waals surface area (Å²) in [7, 11) is 2.75. The van der Waals surface area contributed by atoms with Crippen LogP contribution >= 0.6 is 0 Å². The van der Waals surface area contributed by atoms with Crippen LogP contribution in [0.3, 0.4) is 0 Å². The second-order valence-corrected chi connectivity index (χ2v) is 13.4. The predicted molar refractivity (Wildman–Crippen MR) is 222 cm³/mol. The molecule has 6 aromatic rings. The fourth-order valence-electron chi connectivity index (χ4n) is 6.87. The number of esters is 4. The van der Waals surface area contributed by atoms with E-state index in [2.05, 4.69) is 21.0 Å². The molecule has 1 unspecified atom stereocenters. The van der Waals surface area contributed by atoms with Crippen molar-refractivity contribution < 1.29 is 61.9 Å². The van der Waals surface area contributed by atoms with Gasteiger partial charge in [0.05, 0.1) is 38.6 Å². The summed E-state index contributed by atoms with van der Waals surface area (Å²) in [4.78, 5) is 59.1. The normalized spacial score (nSPS) is 12.4. The Morgan fingerprint density at radius 3 is 1.80 bits per heavy atom. The van der Waals surface area contributed by atoms with Crippen molar-refractivity contribution in [3.8, 4) is 23.0 Å². The highest BCUT2D eigenvalue weighted by Gasteiger charge is 2.30. The van der Waals surface area contributed by atoms with Gasteiger partial charge in [0.2, 0.25) is 13.6 Å². The number of aryl methyl sites for hydroxylation is 2. The summed E-state index contributed by atoms with van der Waals surface area (Å²) in [6, 6.07) is 23.0. The number of fused-ring (bicyclic) bond motifs is 4. The third-order valence-corrected chi connectivity index (χ3v) is 9.87. The van der Waals surface area contributed by atoms with Gasteiger partial charge in [-0.3, -0.25) is 9.59 Å². The van der Waals surface area contributed by atoms with Crippen LogP contribution in [0.25, 0.3) is 21.8 Å². The van der Waals surface area contributed by atoms with Crippen molar-refractivity contribution in [1.82, 2.24) is 9.13 Å². The molecule has 1 atom stereocenters. The van der Waals surface area contributed by atoms with Gasteiger partial charge in [-0.1, -0.05) is 18.2 Å². The molecule has 2 aliphatic heterocycles. The first-order valence-corrected chi connectivity index (χ1v) is 19.6. The van der Waals surface area contributed by atoms with E-state index in [1.807, 2.05) is 60.3 Å². The van der Waals surface area contributed by atoms with Gasteiger partial charge in [-0.05, 0) is 105 Å². The van der Waals surface area contributed by atoms with E-state index in [1.165, 1.54) is 26.4 Å². The van der Waals surface area contributed by atoms with Gasteiger partial charge in [0, 0.05) is 47.5 Å². The maximum atomic E-state index is 13.0. The lowest BCUT2D eigenvalue weighted by Crippen LogP contribution is -2.17. The topological polar surface area (TPSA) is 169 Å². The maximum absolute atomic E-state index is 13.0. The SMILES string of the molecule is CCOC(=O)C(=O)c1ccc2c(c1)OCO2.CCOC(=O)C(c1ccc2c(c1)OCO2)c1cn(CC)c2cc(C(=O)OC)ccc12.CCn1ccc2ccc(C(=O)OC)cc21. The van der Waals surface area contributed by atoms with Crippen molar-refractivity contribution in [3.63, 3.8) is 0 Å². The predicted octanol–water partition coefficient (Wildman–Crippen LogP) is 7.48. The number of rotatable bonds is 11. The molecule has 0 radical (unpaired) electrons. The number of carbonyl (C=O) groups is 5. The van der Waals surface area contributed by atoms with Crippen LogP contribution in [0.4, 0.5) is 0 Å². The van der Waals surface area contributed by atoms with Gasteiger partial charge in [0.25, 0.3) is 5.78 Å². The van der Waals surface area contributed by atoms with Gasteiger partial charge in [-0.25, -0.2) is 14.4 Å². The molecular weight excluding hydrogens is 789 g/mol. The standard InChI is InChI=1S/C23H23NO6.C12H13NO2.C11H10O5/c1-4-24-12-17(16-8-6-15(10-18(16)24)22(25)27-3)21(23(26)28-5-2)14-7-9-19-20(11-14)30-13-29-19;1-3-13-7-6-9-4-5-10(8-11(9)13)12(14)15-2;1-2-14-11(13)10(12)7-3-4-8-9(5-7)16-6-15-8/h6-12,21H,4-5,13H2,1-3H3;4-8H,3H2,1-2H3;3-5H,2,6H2,1H3. The highest BCUT2D eigenvalue weighted by molar-refractivity contribution is 6.40. The van der Waals surface area contributed by atoms with Crippen LogP contribution < -0.4 is 18.9 Å². The third-order valence-electron chi connectivity index (χ3n) is 9.87. The van der Waals surface area contributed by atoms with Crippen LogP contribution in [0, 0.1) is 0 Å². The number of hydrogen-bond acceptors (Lipinski definition) is 13. The van der Waals surface area contributed by atoms with Crippen molar-refractivity contribution in [2.75, 3.05) is 41.0 Å². The van der Waals surface area contributed by atoms with E-state index >= 15 is 0 Å². The molecular formula is C46H46N2O13. The molecule has 0 amide bonds. The van der Waals surface area contributed by atoms with Gasteiger partial charge in [0.1, 0.15) is 5.92 Å². The molecule has 4 heterocycles. The van der Waals surface area contributed by atoms with Crippen LogP contribution in [0.1, 0.15) is 75.8 Å². The lowest BCUT2D eigenvalue weighted by molar-refractivity contribution is -0.143. The van der Waals surface area contributed by atoms with E-state index < -0.39 is 23.6 Å². The smallest absolute Gasteiger partial charge is 0.379 e. The molecule has 8 rings (SSSR count). The second-order valence-electron chi connectivity index (χ2n) is 13.4. The molecule has 15 nitrogen and oxygen atoms in total. The molecule has 0 saturated heterocycles. The van der Waals surface area contributed by atoms with Crippen molar-refractivity contribution in [2.24, 2.45) is 0 Å². The Labute approximate surface area is 351 Å². The van der Waals surface area contributed by atoms with Crippen molar-refractivity contribution in [3.05, 3.63) is 119 Å². The average Bonchev–Trinajstić information content (AvgIpc) is 4.11. The largest absolute Gasteiger partial charge is 0.465 e. The molecule has 0 spiro atoms. The minimum Gasteiger partial charge on any atom is -0.465 e. The first-order valence-electron chi connectivity index (χ1n) is 19.6. The van der Waals surface area contributed by atoms with Crippen LogP contribution in [-0.2, 0) is 41.6 Å². The monoisotopic (exact) mass is 834 g/mol. The Morgan fingerprint density at radius 2 is 1.18 bits per heavy atom. The number of carbonyl (C=O) groups excluding carboxylic acids is 5. The number of ether oxygens (including phenoxy) is 8. The van der Waals surface area contributed by atoms with E-state index in [0.717, 1.165) is 39.5 Å². The van der Waals surface area contributed by atoms with E-state index in [1.54, 1.807) is 44.2 Å². The van der Waals surface area contributed by atoms with Gasteiger partial charge < -0.3 is 47.0 Å². The van der Waals surface area contributed by atoms with Gasteiger partial charge in [-0.15, -0.1) is 0 Å². The maximum Gasteiger partial charge on any atom is 0.379 e. The molecule has 2 aromatic heterocycles. The number of aromatic nitrogens is 2. The summed E-state index contributed by atoms with van der Waals surface area (Å²) in [5, 5.41) is 2.02. The zero-order valence-corrected chi connectivity index (χ0v) is 34.7. The Balaban J connectivity index is 0.000000169. The molecule has 0 aliphatic carbocycles. The molecule has 2 aliphatic rings. The second kappa shape index (κ2) is 19.6. The van der Waals surface area contributed by atoms with Gasteiger partial charge >= 0.3 is 23.9 Å². The molecule has 318 valence electrons. The Kier molecular flexibility index (Phi) is 13.9. The number of Topliss-reactive ketones (excluding diaryl/α,β-unsaturated/α-hetero) is 1. The number of benzene rings is 4. The van der Waals surface area contributed by atoms with Crippen LogP contribution in [-0.4, -0.2) is 79.8 Å². The van der Waals surface area contributed by atoms with E-state index in [4.69, 9.17) is 28.4 Å². The number of nitrogens with zero attached hydrogens (tertiary/aromatic N) is 2. The summed E-state index contributed by atoms with van der Waals surface area (Å²) < 4.78 is 44.8. The molecule has 0 bridgehead atoms. The Morgan fingerprint density at radius 1 is 0.607 bits per heavy atom. The average molecular weight is 835 g/mol. The van der Waals surface area contributed by atoms with Crippen LogP contribution in [0.15, 0.2) is 91.3 Å². The van der Waals surface area contributed by atoms with Crippen molar-refractivity contribution >= 4 is 51.5 Å². The Hall–Kier alpha value is -7.29. The summed E-state index contributed by atoms with van der Waals surface area (Å²) in [5.74, 6) is -0.922. The zero-order chi connectivity index (χ0) is 43.6.